The van der Waals surface area contributed by atoms with Crippen molar-refractivity contribution < 1.29 is 14.3 Å². The van der Waals surface area contributed by atoms with Crippen LogP contribution in [0.4, 0.5) is 0 Å². The molecule has 0 fully saturated rings. The van der Waals surface area contributed by atoms with Gasteiger partial charge in [-0.3, -0.25) is 4.79 Å². The summed E-state index contributed by atoms with van der Waals surface area (Å²) in [6.07, 6.45) is -0.630. The molecule has 0 aliphatic heterocycles. The minimum absolute atomic E-state index is 0.230. The van der Waals surface area contributed by atoms with Gasteiger partial charge in [-0.2, -0.15) is 0 Å². The van der Waals surface area contributed by atoms with E-state index in [1.807, 2.05) is 0 Å². The lowest BCUT2D eigenvalue weighted by atomic mass is 10.2. The number of halogens is 2. The highest BCUT2D eigenvalue weighted by atomic mass is 35.5. The monoisotopic (exact) mass is 353 g/mol. The molecule has 4 nitrogen and oxygen atoms in total. The van der Waals surface area contributed by atoms with Crippen molar-refractivity contribution in [2.45, 2.75) is 19.6 Å². The molecule has 1 atom stereocenters. The lowest BCUT2D eigenvalue weighted by Gasteiger charge is -2.15. The molecular formula is C17H17Cl2NO3. The third-order valence-corrected chi connectivity index (χ3v) is 3.80. The molecule has 0 heterocycles. The molecule has 2 rings (SSSR count). The predicted molar refractivity (Wildman–Crippen MR) is 91.4 cm³/mol. The van der Waals surface area contributed by atoms with Crippen LogP contribution in [-0.4, -0.2) is 19.1 Å². The van der Waals surface area contributed by atoms with Gasteiger partial charge in [0.2, 0.25) is 0 Å². The minimum atomic E-state index is -0.630. The average Bonchev–Trinajstić information content (AvgIpc) is 2.54. The van der Waals surface area contributed by atoms with E-state index in [1.165, 1.54) is 0 Å². The number of ether oxygens (including phenoxy) is 2. The van der Waals surface area contributed by atoms with Crippen LogP contribution in [0.1, 0.15) is 12.5 Å². The molecule has 1 N–H and O–H groups in total. The van der Waals surface area contributed by atoms with Gasteiger partial charge in [-0.1, -0.05) is 29.3 Å². The highest BCUT2D eigenvalue weighted by Crippen LogP contribution is 2.21. The molecule has 0 spiro atoms. The predicted octanol–water partition coefficient (Wildman–Crippen LogP) is 4.09. The Morgan fingerprint density at radius 2 is 1.78 bits per heavy atom. The maximum absolute atomic E-state index is 12.1. The summed E-state index contributed by atoms with van der Waals surface area (Å²) in [7, 11) is 1.59. The summed E-state index contributed by atoms with van der Waals surface area (Å²) in [6.45, 7) is 1.99. The van der Waals surface area contributed by atoms with Gasteiger partial charge in [0.1, 0.15) is 11.5 Å². The summed E-state index contributed by atoms with van der Waals surface area (Å²) >= 11 is 11.9. The molecule has 2 aromatic rings. The number of hydrogen-bond donors (Lipinski definition) is 1. The molecule has 0 saturated heterocycles. The van der Waals surface area contributed by atoms with Crippen LogP contribution < -0.4 is 14.8 Å². The molecule has 2 aromatic carbocycles. The SMILES string of the molecule is COc1ccc(O[C@H](C)C(=O)NCc2ccc(Cl)cc2Cl)cc1. The Bertz CT molecular complexity index is 674. The summed E-state index contributed by atoms with van der Waals surface area (Å²) in [6, 6.07) is 12.2. The van der Waals surface area contributed by atoms with Crippen LogP contribution in [-0.2, 0) is 11.3 Å². The van der Waals surface area contributed by atoms with Gasteiger partial charge in [0.25, 0.3) is 5.91 Å². The molecule has 1 amide bonds. The van der Waals surface area contributed by atoms with Crippen molar-refractivity contribution in [2.75, 3.05) is 7.11 Å². The van der Waals surface area contributed by atoms with Crippen molar-refractivity contribution in [2.24, 2.45) is 0 Å². The highest BCUT2D eigenvalue weighted by Gasteiger charge is 2.15. The van der Waals surface area contributed by atoms with Crippen LogP contribution in [0.3, 0.4) is 0 Å². The molecule has 0 aliphatic rings. The number of carbonyl (C=O) groups excluding carboxylic acids is 1. The van der Waals surface area contributed by atoms with Crippen LogP contribution in [0.15, 0.2) is 42.5 Å². The van der Waals surface area contributed by atoms with E-state index in [2.05, 4.69) is 5.32 Å². The molecule has 0 unspecified atom stereocenters. The molecular weight excluding hydrogens is 337 g/mol. The lowest BCUT2D eigenvalue weighted by molar-refractivity contribution is -0.127. The van der Waals surface area contributed by atoms with Gasteiger partial charge in [0.15, 0.2) is 6.10 Å². The fourth-order valence-corrected chi connectivity index (χ4v) is 2.38. The molecule has 6 heteroatoms. The fraction of sp³-hybridized carbons (Fsp3) is 0.235. The van der Waals surface area contributed by atoms with Crippen molar-refractivity contribution in [1.29, 1.82) is 0 Å². The van der Waals surface area contributed by atoms with E-state index in [9.17, 15) is 4.79 Å². The number of nitrogens with one attached hydrogen (secondary N) is 1. The van der Waals surface area contributed by atoms with E-state index in [4.69, 9.17) is 32.7 Å². The topological polar surface area (TPSA) is 47.6 Å². The van der Waals surface area contributed by atoms with Crippen molar-refractivity contribution in [3.05, 3.63) is 58.1 Å². The number of methoxy groups -OCH3 is 1. The second kappa shape index (κ2) is 8.09. The molecule has 23 heavy (non-hydrogen) atoms. The lowest BCUT2D eigenvalue weighted by Crippen LogP contribution is -2.35. The first-order valence-corrected chi connectivity index (χ1v) is 7.77. The molecule has 122 valence electrons. The van der Waals surface area contributed by atoms with E-state index >= 15 is 0 Å². The fourth-order valence-electron chi connectivity index (χ4n) is 1.90. The van der Waals surface area contributed by atoms with E-state index < -0.39 is 6.10 Å². The summed E-state index contributed by atoms with van der Waals surface area (Å²) in [5.74, 6) is 1.09. The maximum Gasteiger partial charge on any atom is 0.261 e. The Balaban J connectivity index is 1.89. The van der Waals surface area contributed by atoms with Crippen molar-refractivity contribution >= 4 is 29.1 Å². The first kappa shape index (κ1) is 17.4. The zero-order valence-corrected chi connectivity index (χ0v) is 14.3. The van der Waals surface area contributed by atoms with E-state index in [0.29, 0.717) is 22.3 Å². The van der Waals surface area contributed by atoms with Gasteiger partial charge < -0.3 is 14.8 Å². The zero-order valence-electron chi connectivity index (χ0n) is 12.8. The standard InChI is InChI=1S/C17H17Cl2NO3/c1-11(23-15-7-5-14(22-2)6-8-15)17(21)20-10-12-3-4-13(18)9-16(12)19/h3-9,11H,10H2,1-2H3,(H,20,21)/t11-/m1/s1. The molecule has 0 aromatic heterocycles. The second-order valence-electron chi connectivity index (χ2n) is 4.89. The van der Waals surface area contributed by atoms with Crippen molar-refractivity contribution in [1.82, 2.24) is 5.32 Å². The number of rotatable bonds is 6. The summed E-state index contributed by atoms with van der Waals surface area (Å²) in [5.41, 5.74) is 0.793. The van der Waals surface area contributed by atoms with Gasteiger partial charge >= 0.3 is 0 Å². The van der Waals surface area contributed by atoms with Crippen LogP contribution in [0.5, 0.6) is 11.5 Å². The summed E-state index contributed by atoms with van der Waals surface area (Å²) < 4.78 is 10.7. The maximum atomic E-state index is 12.1. The highest BCUT2D eigenvalue weighted by molar-refractivity contribution is 6.35. The van der Waals surface area contributed by atoms with Gasteiger partial charge in [0, 0.05) is 16.6 Å². The smallest absolute Gasteiger partial charge is 0.261 e. The molecule has 0 saturated carbocycles. The number of hydrogen-bond acceptors (Lipinski definition) is 3. The Labute approximate surface area is 145 Å². The van der Waals surface area contributed by atoms with Gasteiger partial charge in [-0.05, 0) is 48.9 Å². The van der Waals surface area contributed by atoms with Crippen molar-refractivity contribution in [3.63, 3.8) is 0 Å². The molecule has 0 aliphatic carbocycles. The average molecular weight is 354 g/mol. The molecule has 0 bridgehead atoms. The van der Waals surface area contributed by atoms with Crippen LogP contribution >= 0.6 is 23.2 Å². The van der Waals surface area contributed by atoms with Crippen LogP contribution in [0.25, 0.3) is 0 Å². The third kappa shape index (κ3) is 5.05. The van der Waals surface area contributed by atoms with Gasteiger partial charge in [0.05, 0.1) is 7.11 Å². The summed E-state index contributed by atoms with van der Waals surface area (Å²) in [4.78, 5) is 12.1. The number of amides is 1. The first-order valence-electron chi connectivity index (χ1n) is 7.02. The van der Waals surface area contributed by atoms with Crippen molar-refractivity contribution in [3.8, 4) is 11.5 Å². The first-order chi connectivity index (χ1) is 11.0. The Hall–Kier alpha value is -1.91. The van der Waals surface area contributed by atoms with Gasteiger partial charge in [-0.15, -0.1) is 0 Å². The zero-order chi connectivity index (χ0) is 16.8. The normalized spacial score (nSPS) is 11.7. The van der Waals surface area contributed by atoms with E-state index in [0.717, 1.165) is 11.3 Å². The van der Waals surface area contributed by atoms with Gasteiger partial charge in [-0.25, -0.2) is 0 Å². The third-order valence-electron chi connectivity index (χ3n) is 3.21. The quantitative estimate of drug-likeness (QED) is 0.850. The molecule has 0 radical (unpaired) electrons. The Kier molecular flexibility index (Phi) is 6.13. The van der Waals surface area contributed by atoms with E-state index in [1.54, 1.807) is 56.5 Å². The Morgan fingerprint density at radius 1 is 1.13 bits per heavy atom. The largest absolute Gasteiger partial charge is 0.497 e. The number of benzene rings is 2. The van der Waals surface area contributed by atoms with Crippen LogP contribution in [0.2, 0.25) is 10.0 Å². The number of carbonyl (C=O) groups is 1. The van der Waals surface area contributed by atoms with E-state index in [-0.39, 0.29) is 5.91 Å². The summed E-state index contributed by atoms with van der Waals surface area (Å²) in [5, 5.41) is 3.86. The Morgan fingerprint density at radius 3 is 2.39 bits per heavy atom. The minimum Gasteiger partial charge on any atom is -0.497 e. The second-order valence-corrected chi connectivity index (χ2v) is 5.73. The van der Waals surface area contributed by atoms with Crippen LogP contribution in [0, 0.1) is 0 Å².